The van der Waals surface area contributed by atoms with Crippen LogP contribution in [0.15, 0.2) is 4.99 Å². The lowest BCUT2D eigenvalue weighted by molar-refractivity contribution is -0.139. The van der Waals surface area contributed by atoms with Crippen molar-refractivity contribution in [3.8, 4) is 0 Å². The Balaban J connectivity index is 0. The molecule has 0 aliphatic rings. The molecular formula is C9H21N5O4. The summed E-state index contributed by atoms with van der Waals surface area (Å²) >= 11 is 0. The number of carboxylic acids is 2. The topological polar surface area (TPSA) is 191 Å². The van der Waals surface area contributed by atoms with E-state index in [4.69, 9.17) is 33.1 Å². The number of nitrogens with zero attached hydrogens (tertiary/aromatic N) is 1. The molecule has 106 valence electrons. The second-order valence-corrected chi connectivity index (χ2v) is 3.33. The summed E-state index contributed by atoms with van der Waals surface area (Å²) in [6, 6.07) is -0.820. The van der Waals surface area contributed by atoms with Gasteiger partial charge in [0.25, 0.3) is 0 Å². The Morgan fingerprint density at radius 1 is 1.22 bits per heavy atom. The molecule has 0 saturated heterocycles. The number of nitrogens with two attached hydrogens (primary N) is 4. The zero-order valence-electron chi connectivity index (χ0n) is 10.1. The summed E-state index contributed by atoms with van der Waals surface area (Å²) in [5, 5.41) is 16.2. The van der Waals surface area contributed by atoms with E-state index >= 15 is 0 Å². The van der Waals surface area contributed by atoms with Crippen molar-refractivity contribution in [2.24, 2.45) is 27.9 Å². The van der Waals surface area contributed by atoms with E-state index in [2.05, 4.69) is 4.99 Å². The fraction of sp³-hybridized carbons (Fsp3) is 0.667. The van der Waals surface area contributed by atoms with Gasteiger partial charge in [-0.3, -0.25) is 14.6 Å². The molecule has 10 N–H and O–H groups in total. The summed E-state index contributed by atoms with van der Waals surface area (Å²) in [5.74, 6) is -1.82. The third-order valence-electron chi connectivity index (χ3n) is 1.64. The molecule has 0 rings (SSSR count). The zero-order valence-corrected chi connectivity index (χ0v) is 10.1. The molecular weight excluding hydrogens is 242 g/mol. The molecule has 0 fully saturated rings. The van der Waals surface area contributed by atoms with E-state index in [1.54, 1.807) is 0 Å². The van der Waals surface area contributed by atoms with Gasteiger partial charge in [-0.25, -0.2) is 0 Å². The molecule has 0 bridgehead atoms. The number of aliphatic imine (C=N–C) groups is 1. The van der Waals surface area contributed by atoms with Gasteiger partial charge in [-0.1, -0.05) is 0 Å². The summed E-state index contributed by atoms with van der Waals surface area (Å²) in [7, 11) is 0. The highest BCUT2D eigenvalue weighted by Crippen LogP contribution is 1.94. The van der Waals surface area contributed by atoms with Crippen molar-refractivity contribution in [3.63, 3.8) is 0 Å². The van der Waals surface area contributed by atoms with Gasteiger partial charge in [-0.2, -0.15) is 0 Å². The van der Waals surface area contributed by atoms with Crippen molar-refractivity contribution in [1.29, 1.82) is 0 Å². The molecule has 0 saturated carbocycles. The first kappa shape index (κ1) is 18.5. The monoisotopic (exact) mass is 263 g/mol. The minimum absolute atomic E-state index is 0.0129. The van der Waals surface area contributed by atoms with Gasteiger partial charge in [0.05, 0.1) is 6.42 Å². The quantitative estimate of drug-likeness (QED) is 0.170. The largest absolute Gasteiger partial charge is 0.481 e. The average Bonchev–Trinajstić information content (AvgIpc) is 2.24. The van der Waals surface area contributed by atoms with Crippen LogP contribution in [-0.4, -0.2) is 47.2 Å². The van der Waals surface area contributed by atoms with Crippen molar-refractivity contribution in [2.45, 2.75) is 25.3 Å². The van der Waals surface area contributed by atoms with Crippen molar-refractivity contribution in [1.82, 2.24) is 0 Å². The molecule has 1 unspecified atom stereocenters. The molecule has 0 radical (unpaired) electrons. The van der Waals surface area contributed by atoms with Crippen LogP contribution in [0, 0.1) is 0 Å². The van der Waals surface area contributed by atoms with Crippen molar-refractivity contribution >= 4 is 17.9 Å². The lowest BCUT2D eigenvalue weighted by Gasteiger charge is -2.03. The molecule has 0 aromatic rings. The second kappa shape index (κ2) is 11.6. The maximum absolute atomic E-state index is 10.2. The molecule has 0 aromatic heterocycles. The van der Waals surface area contributed by atoms with E-state index in [-0.39, 0.29) is 18.9 Å². The molecule has 0 amide bonds. The third kappa shape index (κ3) is 16.6. The Labute approximate surface area is 105 Å². The SMILES string of the molecule is NC(N)=NCCCC(N)C(=O)O.NCCC(=O)O. The van der Waals surface area contributed by atoms with Crippen LogP contribution in [0.5, 0.6) is 0 Å². The Hall–Kier alpha value is -1.87. The molecule has 0 aliphatic heterocycles. The summed E-state index contributed by atoms with van der Waals surface area (Å²) < 4.78 is 0. The van der Waals surface area contributed by atoms with Gasteiger partial charge in [0, 0.05) is 13.1 Å². The number of rotatable bonds is 7. The molecule has 0 spiro atoms. The van der Waals surface area contributed by atoms with E-state index in [0.717, 1.165) is 0 Å². The smallest absolute Gasteiger partial charge is 0.320 e. The van der Waals surface area contributed by atoms with Crippen molar-refractivity contribution < 1.29 is 19.8 Å². The number of hydrogen-bond donors (Lipinski definition) is 6. The Morgan fingerprint density at radius 3 is 2.06 bits per heavy atom. The Bertz CT molecular complexity index is 278. The molecule has 18 heavy (non-hydrogen) atoms. The molecule has 1 atom stereocenters. The van der Waals surface area contributed by atoms with Gasteiger partial charge in [0.15, 0.2) is 5.96 Å². The van der Waals surface area contributed by atoms with Crippen LogP contribution in [0.3, 0.4) is 0 Å². The summed E-state index contributed by atoms with van der Waals surface area (Å²) in [5.41, 5.74) is 20.2. The molecule has 0 heterocycles. The second-order valence-electron chi connectivity index (χ2n) is 3.33. The van der Waals surface area contributed by atoms with Gasteiger partial charge in [0.2, 0.25) is 0 Å². The van der Waals surface area contributed by atoms with Gasteiger partial charge < -0.3 is 33.1 Å². The first-order valence-electron chi connectivity index (χ1n) is 5.26. The van der Waals surface area contributed by atoms with Crippen LogP contribution in [0.1, 0.15) is 19.3 Å². The van der Waals surface area contributed by atoms with E-state index in [9.17, 15) is 9.59 Å². The molecule has 9 nitrogen and oxygen atoms in total. The normalized spacial score (nSPS) is 10.8. The van der Waals surface area contributed by atoms with Gasteiger partial charge in [-0.15, -0.1) is 0 Å². The van der Waals surface area contributed by atoms with E-state index in [1.807, 2.05) is 0 Å². The third-order valence-corrected chi connectivity index (χ3v) is 1.64. The van der Waals surface area contributed by atoms with Gasteiger partial charge in [-0.05, 0) is 12.8 Å². The Morgan fingerprint density at radius 2 is 1.78 bits per heavy atom. The molecule has 9 heteroatoms. The van der Waals surface area contributed by atoms with Crippen LogP contribution < -0.4 is 22.9 Å². The highest BCUT2D eigenvalue weighted by Gasteiger charge is 2.09. The van der Waals surface area contributed by atoms with Crippen LogP contribution in [0.2, 0.25) is 0 Å². The van der Waals surface area contributed by atoms with Crippen LogP contribution >= 0.6 is 0 Å². The Kier molecular flexibility index (Phi) is 11.9. The summed E-state index contributed by atoms with van der Waals surface area (Å²) in [6.07, 6.45) is 1.03. The first-order chi connectivity index (χ1) is 8.31. The van der Waals surface area contributed by atoms with E-state index in [1.165, 1.54) is 0 Å². The number of carboxylic acid groups (broad SMARTS) is 2. The van der Waals surface area contributed by atoms with Crippen LogP contribution in [-0.2, 0) is 9.59 Å². The highest BCUT2D eigenvalue weighted by molar-refractivity contribution is 5.75. The summed E-state index contributed by atoms with van der Waals surface area (Å²) in [4.78, 5) is 23.4. The predicted octanol–water partition coefficient (Wildman–Crippen LogP) is -2.13. The lowest BCUT2D eigenvalue weighted by Crippen LogP contribution is -2.30. The van der Waals surface area contributed by atoms with Gasteiger partial charge in [0.1, 0.15) is 6.04 Å². The standard InChI is InChI=1S/C6H14N4O2.C3H7NO2/c7-4(5(11)12)2-1-3-10-6(8)9;4-2-1-3(5)6/h4H,1-3,7H2,(H,11,12)(H4,8,9,10);1-2,4H2,(H,5,6). The fourth-order valence-electron chi connectivity index (χ4n) is 0.766. The molecule has 0 aromatic carbocycles. The first-order valence-corrected chi connectivity index (χ1v) is 5.26. The van der Waals surface area contributed by atoms with E-state index in [0.29, 0.717) is 19.4 Å². The van der Waals surface area contributed by atoms with Crippen molar-refractivity contribution in [3.05, 3.63) is 0 Å². The predicted molar refractivity (Wildman–Crippen MR) is 66.8 cm³/mol. The van der Waals surface area contributed by atoms with Gasteiger partial charge >= 0.3 is 11.9 Å². The fourth-order valence-corrected chi connectivity index (χ4v) is 0.766. The number of guanidine groups is 1. The average molecular weight is 263 g/mol. The minimum Gasteiger partial charge on any atom is -0.481 e. The number of hydrogen-bond acceptors (Lipinski definition) is 5. The maximum atomic E-state index is 10.2. The van der Waals surface area contributed by atoms with Crippen LogP contribution in [0.25, 0.3) is 0 Å². The highest BCUT2D eigenvalue weighted by atomic mass is 16.4. The molecule has 0 aliphatic carbocycles. The minimum atomic E-state index is -1.00. The maximum Gasteiger partial charge on any atom is 0.320 e. The zero-order chi connectivity index (χ0) is 14.6. The van der Waals surface area contributed by atoms with Crippen LogP contribution in [0.4, 0.5) is 0 Å². The number of aliphatic carboxylic acids is 2. The number of carbonyl (C=O) groups is 2. The van der Waals surface area contributed by atoms with E-state index < -0.39 is 18.0 Å². The van der Waals surface area contributed by atoms with Crippen molar-refractivity contribution in [2.75, 3.05) is 13.1 Å². The lowest BCUT2D eigenvalue weighted by atomic mass is 10.2. The summed E-state index contributed by atoms with van der Waals surface area (Å²) in [6.45, 7) is 0.651.